The van der Waals surface area contributed by atoms with E-state index in [2.05, 4.69) is 38.9 Å². The quantitative estimate of drug-likeness (QED) is 0.472. The van der Waals surface area contributed by atoms with Crippen molar-refractivity contribution < 1.29 is 13.6 Å². The standard InChI is InChI=1S/C28H36F2N8O/c1-19(2)36-12-14-38(15-13-36)25-7-6-21-22(4-3-5-23(21)35-25)26(39)32-18-24(20-16-33-27(31)34-17-20)37-10-8-28(29,30)9-11-37/h3-7,16-17,19,24H,8-15,18H2,1-2H3,(H,32,39)(H2,31,33,34). The molecule has 0 radical (unpaired) electrons. The highest BCUT2D eigenvalue weighted by Crippen LogP contribution is 2.32. The van der Waals surface area contributed by atoms with E-state index in [1.165, 1.54) is 0 Å². The molecule has 0 saturated carbocycles. The number of piperazine rings is 1. The number of rotatable bonds is 7. The minimum absolute atomic E-state index is 0.135. The van der Waals surface area contributed by atoms with Gasteiger partial charge in [-0.25, -0.2) is 23.7 Å². The number of carbonyl (C=O) groups excluding carboxylic acids is 1. The average molecular weight is 539 g/mol. The largest absolute Gasteiger partial charge is 0.368 e. The molecule has 2 fully saturated rings. The van der Waals surface area contributed by atoms with Crippen LogP contribution in [0.2, 0.25) is 0 Å². The van der Waals surface area contributed by atoms with Gasteiger partial charge in [0, 0.05) is 93.6 Å². The van der Waals surface area contributed by atoms with E-state index in [1.807, 2.05) is 29.2 Å². The van der Waals surface area contributed by atoms with Gasteiger partial charge < -0.3 is 16.0 Å². The highest BCUT2D eigenvalue weighted by molar-refractivity contribution is 6.06. The van der Waals surface area contributed by atoms with Crippen LogP contribution < -0.4 is 16.0 Å². The molecule has 3 aromatic rings. The molecule has 1 atom stereocenters. The number of nitrogens with one attached hydrogen (secondary N) is 1. The number of aromatic nitrogens is 3. The normalized spacial score (nSPS) is 19.4. The van der Waals surface area contributed by atoms with Crippen molar-refractivity contribution in [3.63, 3.8) is 0 Å². The van der Waals surface area contributed by atoms with Crippen LogP contribution in [0.5, 0.6) is 0 Å². The zero-order chi connectivity index (χ0) is 27.6. The predicted octanol–water partition coefficient (Wildman–Crippen LogP) is 3.34. The summed E-state index contributed by atoms with van der Waals surface area (Å²) in [5, 5.41) is 3.79. The number of nitrogens with zero attached hydrogens (tertiary/aromatic N) is 6. The van der Waals surface area contributed by atoms with Gasteiger partial charge in [0.05, 0.1) is 11.6 Å². The summed E-state index contributed by atoms with van der Waals surface area (Å²) in [4.78, 5) is 33.1. The Bertz CT molecular complexity index is 1280. The second kappa shape index (κ2) is 11.4. The molecule has 1 amide bonds. The molecule has 2 aliphatic rings. The van der Waals surface area contributed by atoms with Crippen molar-refractivity contribution in [2.24, 2.45) is 0 Å². The van der Waals surface area contributed by atoms with Crippen molar-refractivity contribution in [1.82, 2.24) is 30.1 Å². The monoisotopic (exact) mass is 538 g/mol. The SMILES string of the molecule is CC(C)N1CCN(c2ccc3c(C(=O)NCC(c4cnc(N)nc4)N4CCC(F)(F)CC4)cccc3n2)CC1. The molecule has 11 heteroatoms. The van der Waals surface area contributed by atoms with Gasteiger partial charge in [-0.1, -0.05) is 6.07 Å². The number of halogens is 2. The van der Waals surface area contributed by atoms with E-state index in [4.69, 9.17) is 10.7 Å². The average Bonchev–Trinajstić information content (AvgIpc) is 2.94. The van der Waals surface area contributed by atoms with E-state index < -0.39 is 5.92 Å². The Morgan fingerprint density at radius 3 is 2.36 bits per heavy atom. The third-order valence-electron chi connectivity index (χ3n) is 7.83. The van der Waals surface area contributed by atoms with Gasteiger partial charge in [-0.05, 0) is 38.1 Å². The van der Waals surface area contributed by atoms with Gasteiger partial charge >= 0.3 is 0 Å². The number of likely N-dealkylation sites (tertiary alicyclic amines) is 1. The number of amides is 1. The van der Waals surface area contributed by atoms with E-state index in [9.17, 15) is 13.6 Å². The fourth-order valence-electron chi connectivity index (χ4n) is 5.41. The number of anilines is 2. The Balaban J connectivity index is 1.31. The lowest BCUT2D eigenvalue weighted by Crippen LogP contribution is -2.49. The van der Waals surface area contributed by atoms with Crippen molar-refractivity contribution >= 4 is 28.6 Å². The maximum Gasteiger partial charge on any atom is 0.252 e. The predicted molar refractivity (Wildman–Crippen MR) is 148 cm³/mol. The molecule has 4 heterocycles. The van der Waals surface area contributed by atoms with E-state index >= 15 is 0 Å². The number of hydrogen-bond acceptors (Lipinski definition) is 8. The fourth-order valence-corrected chi connectivity index (χ4v) is 5.41. The summed E-state index contributed by atoms with van der Waals surface area (Å²) in [7, 11) is 0. The number of piperidine rings is 1. The first-order chi connectivity index (χ1) is 18.7. The van der Waals surface area contributed by atoms with Gasteiger partial charge in [-0.2, -0.15) is 0 Å². The summed E-state index contributed by atoms with van der Waals surface area (Å²) in [5.41, 5.74) is 7.65. The molecule has 3 N–H and O–H groups in total. The van der Waals surface area contributed by atoms with Crippen LogP contribution in [-0.2, 0) is 0 Å². The van der Waals surface area contributed by atoms with Crippen LogP contribution in [-0.4, -0.2) is 88.4 Å². The third-order valence-corrected chi connectivity index (χ3v) is 7.83. The number of nitrogen functional groups attached to an aromatic ring is 1. The summed E-state index contributed by atoms with van der Waals surface area (Å²) in [6, 6.07) is 9.65. The zero-order valence-electron chi connectivity index (χ0n) is 22.5. The van der Waals surface area contributed by atoms with E-state index in [-0.39, 0.29) is 50.4 Å². The van der Waals surface area contributed by atoms with Crippen LogP contribution >= 0.6 is 0 Å². The summed E-state index contributed by atoms with van der Waals surface area (Å²) in [5.74, 6) is -1.87. The zero-order valence-corrected chi connectivity index (χ0v) is 22.5. The van der Waals surface area contributed by atoms with Crippen molar-refractivity contribution in [1.29, 1.82) is 0 Å². The molecule has 39 heavy (non-hydrogen) atoms. The second-order valence-electron chi connectivity index (χ2n) is 10.7. The number of fused-ring (bicyclic) bond motifs is 1. The highest BCUT2D eigenvalue weighted by atomic mass is 19.3. The molecule has 208 valence electrons. The van der Waals surface area contributed by atoms with Gasteiger partial charge in [-0.15, -0.1) is 0 Å². The van der Waals surface area contributed by atoms with Gasteiger partial charge in [0.25, 0.3) is 11.8 Å². The second-order valence-corrected chi connectivity index (χ2v) is 10.7. The van der Waals surface area contributed by atoms with Crippen molar-refractivity contribution in [3.05, 3.63) is 53.9 Å². The molecule has 0 bridgehead atoms. The Kier molecular flexibility index (Phi) is 7.90. The van der Waals surface area contributed by atoms with Crippen LogP contribution in [0.1, 0.15) is 48.7 Å². The minimum atomic E-state index is -2.67. The summed E-state index contributed by atoms with van der Waals surface area (Å²) in [6.45, 7) is 8.89. The number of benzene rings is 1. The van der Waals surface area contributed by atoms with Crippen LogP contribution in [0.4, 0.5) is 20.5 Å². The van der Waals surface area contributed by atoms with Gasteiger partial charge in [0.15, 0.2) is 0 Å². The molecule has 0 aliphatic carbocycles. The molecule has 2 aromatic heterocycles. The molecular weight excluding hydrogens is 502 g/mol. The van der Waals surface area contributed by atoms with Gasteiger partial charge in [-0.3, -0.25) is 14.6 Å². The van der Waals surface area contributed by atoms with E-state index in [0.717, 1.165) is 48.5 Å². The van der Waals surface area contributed by atoms with Crippen molar-refractivity contribution in [2.75, 3.05) is 56.4 Å². The summed E-state index contributed by atoms with van der Waals surface area (Å²) < 4.78 is 27.7. The molecule has 1 aromatic carbocycles. The van der Waals surface area contributed by atoms with Crippen LogP contribution in [0.15, 0.2) is 42.7 Å². The Hall–Kier alpha value is -3.44. The number of nitrogens with two attached hydrogens (primary N) is 1. The number of alkyl halides is 2. The molecule has 0 spiro atoms. The van der Waals surface area contributed by atoms with E-state index in [0.29, 0.717) is 11.6 Å². The Morgan fingerprint density at radius 1 is 1.00 bits per heavy atom. The first-order valence-corrected chi connectivity index (χ1v) is 13.6. The Labute approximate surface area is 227 Å². The van der Waals surface area contributed by atoms with Crippen molar-refractivity contribution in [2.45, 2.75) is 44.7 Å². The van der Waals surface area contributed by atoms with Crippen LogP contribution in [0, 0.1) is 0 Å². The minimum Gasteiger partial charge on any atom is -0.368 e. The maximum atomic E-state index is 13.8. The number of carbonyl (C=O) groups is 1. The lowest BCUT2D eigenvalue weighted by molar-refractivity contribution is -0.0632. The first kappa shape index (κ1) is 27.1. The Morgan fingerprint density at radius 2 is 1.69 bits per heavy atom. The smallest absolute Gasteiger partial charge is 0.252 e. The lowest BCUT2D eigenvalue weighted by atomic mass is 10.0. The van der Waals surface area contributed by atoms with Crippen LogP contribution in [0.3, 0.4) is 0 Å². The summed E-state index contributed by atoms with van der Waals surface area (Å²) >= 11 is 0. The first-order valence-electron chi connectivity index (χ1n) is 13.6. The van der Waals surface area contributed by atoms with Crippen LogP contribution in [0.25, 0.3) is 10.9 Å². The summed E-state index contributed by atoms with van der Waals surface area (Å²) in [6.07, 6.45) is 2.74. The molecule has 2 aliphatic heterocycles. The lowest BCUT2D eigenvalue weighted by Gasteiger charge is -2.37. The third kappa shape index (κ3) is 6.25. The van der Waals surface area contributed by atoms with Gasteiger partial charge in [0.2, 0.25) is 5.95 Å². The van der Waals surface area contributed by atoms with Crippen molar-refractivity contribution in [3.8, 4) is 0 Å². The topological polar surface area (TPSA) is 104 Å². The molecule has 2 saturated heterocycles. The molecule has 5 rings (SSSR count). The number of pyridine rings is 1. The van der Waals surface area contributed by atoms with E-state index in [1.54, 1.807) is 18.5 Å². The van der Waals surface area contributed by atoms with Gasteiger partial charge in [0.1, 0.15) is 5.82 Å². The molecule has 9 nitrogen and oxygen atoms in total. The molecule has 1 unspecified atom stereocenters. The fraction of sp³-hybridized carbons (Fsp3) is 0.500. The highest BCUT2D eigenvalue weighted by Gasteiger charge is 2.37. The number of hydrogen-bond donors (Lipinski definition) is 2. The maximum absolute atomic E-state index is 13.8. The molecular formula is C28H36F2N8O.